The van der Waals surface area contributed by atoms with Gasteiger partial charge in [-0.05, 0) is 90.8 Å². The molecule has 332 valence electrons. The number of benzene rings is 6. The summed E-state index contributed by atoms with van der Waals surface area (Å²) in [6.45, 7) is 5.26. The van der Waals surface area contributed by atoms with Gasteiger partial charge in [0.15, 0.2) is 0 Å². The Morgan fingerprint density at radius 2 is 0.938 bits per heavy atom. The Morgan fingerprint density at radius 3 is 1.31 bits per heavy atom. The van der Waals surface area contributed by atoms with Crippen LogP contribution in [0.1, 0.15) is 76.6 Å². The van der Waals surface area contributed by atoms with E-state index in [1.54, 1.807) is 81.4 Å². The highest BCUT2D eigenvalue weighted by Crippen LogP contribution is 2.52. The number of nitrogens with zero attached hydrogens (tertiary/aromatic N) is 2. The standard InChI is InChI=1S/C25H20Cl2F3NO3.C21H12Cl2F3NO3/c1-23(2,3)33-22(32)20-9-5-6-17-18(20)7-4-8-19(17)21-13-24(34-31-21,25(28,29)30)14-10-15(26)12-16(27)11-14;22-12-7-11(8-13(23)9-12)20(21(24,25)26)10-18(27-30-20)16-5-1-4-15-14(16)3-2-6-17(15)19(28)29/h4-12H,13H2,1-3H3;1-9H,10H2,(H,28,29). The molecule has 2 aliphatic heterocycles. The molecule has 1 N–H and O–H groups in total. The Hall–Kier alpha value is -5.54. The Labute approximate surface area is 380 Å². The SMILES string of the molecule is CC(C)(C)OC(=O)c1cccc2c(C3=NOC(c4cc(Cl)cc(Cl)c4)(C(F)(F)F)C3)cccc12.O=C(O)c1cccc2c(C3=NOC(c4cc(Cl)cc(Cl)c4)(C(F)(F)F)C3)cccc12. The number of hydrogen-bond donors (Lipinski definition) is 1. The van der Waals surface area contributed by atoms with Gasteiger partial charge in [0.2, 0.25) is 0 Å². The number of carbonyl (C=O) groups is 2. The second kappa shape index (κ2) is 17.1. The van der Waals surface area contributed by atoms with E-state index in [0.717, 1.165) is 12.1 Å². The molecule has 0 saturated carbocycles. The zero-order chi connectivity index (χ0) is 46.6. The number of carbonyl (C=O) groups excluding carboxylic acids is 1. The average Bonchev–Trinajstić information content (AvgIpc) is 3.87. The van der Waals surface area contributed by atoms with Crippen LogP contribution in [0.3, 0.4) is 0 Å². The van der Waals surface area contributed by atoms with Crippen molar-refractivity contribution in [2.24, 2.45) is 10.3 Å². The van der Waals surface area contributed by atoms with Gasteiger partial charge in [0.1, 0.15) is 5.60 Å². The molecule has 0 bridgehead atoms. The van der Waals surface area contributed by atoms with E-state index in [4.69, 9.17) is 60.8 Å². The van der Waals surface area contributed by atoms with Gasteiger partial charge in [0.05, 0.1) is 22.6 Å². The first-order valence-electron chi connectivity index (χ1n) is 19.0. The number of rotatable bonds is 6. The van der Waals surface area contributed by atoms with Gasteiger partial charge in [-0.2, -0.15) is 26.3 Å². The van der Waals surface area contributed by atoms with Gasteiger partial charge >= 0.3 is 24.3 Å². The minimum atomic E-state index is -4.82. The number of fused-ring (bicyclic) bond motifs is 2. The minimum absolute atomic E-state index is 0.0365. The van der Waals surface area contributed by atoms with Crippen LogP contribution in [0.15, 0.2) is 120 Å². The van der Waals surface area contributed by atoms with Crippen molar-refractivity contribution < 1.29 is 55.5 Å². The van der Waals surface area contributed by atoms with E-state index in [1.807, 2.05) is 0 Å². The fraction of sp³-hybridized carbons (Fsp3) is 0.217. The molecule has 6 aromatic rings. The first-order chi connectivity index (χ1) is 29.9. The van der Waals surface area contributed by atoms with Gasteiger partial charge in [0, 0.05) is 55.2 Å². The van der Waals surface area contributed by atoms with Crippen LogP contribution in [0.2, 0.25) is 20.1 Å². The van der Waals surface area contributed by atoms with Crippen molar-refractivity contribution in [3.05, 3.63) is 163 Å². The molecule has 8 nitrogen and oxygen atoms in total. The molecule has 0 aromatic heterocycles. The van der Waals surface area contributed by atoms with Crippen LogP contribution >= 0.6 is 46.4 Å². The zero-order valence-corrected chi connectivity index (χ0v) is 36.5. The van der Waals surface area contributed by atoms with Crippen LogP contribution in [0.25, 0.3) is 21.5 Å². The number of esters is 1. The van der Waals surface area contributed by atoms with Crippen LogP contribution < -0.4 is 0 Å². The van der Waals surface area contributed by atoms with E-state index in [9.17, 15) is 41.0 Å². The van der Waals surface area contributed by atoms with Crippen LogP contribution in [0.4, 0.5) is 26.3 Å². The molecule has 0 fully saturated rings. The number of halogens is 10. The second-order valence-corrected chi connectivity index (χ2v) is 17.5. The van der Waals surface area contributed by atoms with Gasteiger partial charge in [0.25, 0.3) is 11.2 Å². The first kappa shape index (κ1) is 46.5. The van der Waals surface area contributed by atoms with E-state index < -0.39 is 53.9 Å². The Bertz CT molecular complexity index is 2880. The van der Waals surface area contributed by atoms with Gasteiger partial charge in [-0.3, -0.25) is 0 Å². The third-order valence-electron chi connectivity index (χ3n) is 10.3. The molecule has 2 heterocycles. The summed E-state index contributed by atoms with van der Waals surface area (Å²) in [7, 11) is 0. The summed E-state index contributed by atoms with van der Waals surface area (Å²) < 4.78 is 91.1. The number of ether oxygens (including phenoxy) is 1. The van der Waals surface area contributed by atoms with E-state index in [-0.39, 0.29) is 48.2 Å². The fourth-order valence-corrected chi connectivity index (χ4v) is 8.54. The molecule has 8 rings (SSSR count). The Morgan fingerprint density at radius 1 is 0.578 bits per heavy atom. The van der Waals surface area contributed by atoms with Gasteiger partial charge < -0.3 is 19.5 Å². The monoisotopic (exact) mass is 962 g/mol. The number of carboxylic acid groups (broad SMARTS) is 1. The summed E-state index contributed by atoms with van der Waals surface area (Å²) in [6.07, 6.45) is -10.8. The van der Waals surface area contributed by atoms with Crippen molar-refractivity contribution in [2.45, 2.75) is 62.8 Å². The van der Waals surface area contributed by atoms with Crippen LogP contribution in [-0.4, -0.2) is 46.4 Å². The lowest BCUT2D eigenvalue weighted by molar-refractivity contribution is -0.276. The highest BCUT2D eigenvalue weighted by atomic mass is 35.5. The molecule has 0 radical (unpaired) electrons. The summed E-state index contributed by atoms with van der Waals surface area (Å²) in [5.41, 5.74) is -5.48. The maximum absolute atomic E-state index is 14.3. The summed E-state index contributed by atoms with van der Waals surface area (Å²) in [4.78, 5) is 34.4. The highest BCUT2D eigenvalue weighted by Gasteiger charge is 2.63. The van der Waals surface area contributed by atoms with E-state index in [2.05, 4.69) is 10.3 Å². The van der Waals surface area contributed by atoms with Gasteiger partial charge in [-0.15, -0.1) is 0 Å². The molecule has 6 aromatic carbocycles. The molecule has 2 atom stereocenters. The molecular formula is C46H32Cl4F6N2O6. The summed E-state index contributed by atoms with van der Waals surface area (Å²) in [5.74, 6) is -1.67. The van der Waals surface area contributed by atoms with Crippen LogP contribution in [-0.2, 0) is 25.6 Å². The molecule has 0 amide bonds. The first-order valence-corrected chi connectivity index (χ1v) is 20.5. The molecule has 0 aliphatic carbocycles. The number of hydrogen-bond acceptors (Lipinski definition) is 7. The van der Waals surface area contributed by atoms with Crippen molar-refractivity contribution in [3.8, 4) is 0 Å². The predicted octanol–water partition coefficient (Wildman–Crippen LogP) is 14.1. The van der Waals surface area contributed by atoms with Crippen LogP contribution in [0.5, 0.6) is 0 Å². The number of alkyl halides is 6. The molecule has 2 aliphatic rings. The normalized spacial score (nSPS) is 18.7. The molecule has 18 heteroatoms. The van der Waals surface area contributed by atoms with E-state index >= 15 is 0 Å². The highest BCUT2D eigenvalue weighted by molar-refractivity contribution is 6.35. The molecule has 64 heavy (non-hydrogen) atoms. The van der Waals surface area contributed by atoms with Crippen molar-refractivity contribution >= 4 is 91.3 Å². The summed E-state index contributed by atoms with van der Waals surface area (Å²) >= 11 is 23.8. The number of aromatic carboxylic acids is 1. The summed E-state index contributed by atoms with van der Waals surface area (Å²) in [5, 5.41) is 19.1. The van der Waals surface area contributed by atoms with E-state index in [0.29, 0.717) is 38.2 Å². The lowest BCUT2D eigenvalue weighted by Crippen LogP contribution is -2.42. The fourth-order valence-electron chi connectivity index (χ4n) is 7.49. The Kier molecular flexibility index (Phi) is 12.4. The van der Waals surface area contributed by atoms with Crippen molar-refractivity contribution in [3.63, 3.8) is 0 Å². The lowest BCUT2D eigenvalue weighted by Gasteiger charge is -2.29. The third kappa shape index (κ3) is 8.93. The maximum Gasteiger partial charge on any atom is 0.435 e. The predicted molar refractivity (Wildman–Crippen MR) is 233 cm³/mol. The average molecular weight is 965 g/mol. The van der Waals surface area contributed by atoms with Gasteiger partial charge in [-0.1, -0.05) is 117 Å². The third-order valence-corrected chi connectivity index (χ3v) is 11.2. The van der Waals surface area contributed by atoms with Crippen molar-refractivity contribution in [1.82, 2.24) is 0 Å². The molecule has 2 unspecified atom stereocenters. The van der Waals surface area contributed by atoms with Crippen LogP contribution in [0, 0.1) is 0 Å². The summed E-state index contributed by atoms with van der Waals surface area (Å²) in [6, 6.07) is 26.6. The maximum atomic E-state index is 14.3. The Balaban J connectivity index is 0.000000193. The molecule has 0 spiro atoms. The van der Waals surface area contributed by atoms with Gasteiger partial charge in [-0.25, -0.2) is 9.59 Å². The van der Waals surface area contributed by atoms with Crippen molar-refractivity contribution in [1.29, 1.82) is 0 Å². The number of carboxylic acids is 1. The lowest BCUT2D eigenvalue weighted by atomic mass is 9.85. The topological polar surface area (TPSA) is 107 Å². The molecular weight excluding hydrogens is 932 g/mol. The number of oxime groups is 2. The quantitative estimate of drug-likeness (QED) is 0.132. The smallest absolute Gasteiger partial charge is 0.435 e. The minimum Gasteiger partial charge on any atom is -0.478 e. The van der Waals surface area contributed by atoms with Crippen molar-refractivity contribution in [2.75, 3.05) is 0 Å². The zero-order valence-electron chi connectivity index (χ0n) is 33.5. The van der Waals surface area contributed by atoms with E-state index in [1.165, 1.54) is 36.4 Å². The second-order valence-electron chi connectivity index (χ2n) is 15.8. The molecule has 0 saturated heterocycles. The largest absolute Gasteiger partial charge is 0.478 e.